The highest BCUT2D eigenvalue weighted by molar-refractivity contribution is 8.03. The Morgan fingerprint density at radius 3 is 2.63 bits per heavy atom. The van der Waals surface area contributed by atoms with Crippen molar-refractivity contribution in [2.24, 2.45) is 5.10 Å². The van der Waals surface area contributed by atoms with E-state index in [-0.39, 0.29) is 17.3 Å². The average Bonchev–Trinajstić information content (AvgIpc) is 3.34. The molecule has 1 aromatic heterocycles. The van der Waals surface area contributed by atoms with Crippen LogP contribution in [0.4, 0.5) is 5.69 Å². The van der Waals surface area contributed by atoms with Crippen LogP contribution in [0.3, 0.4) is 0 Å². The molecule has 176 valence electrons. The molecule has 0 atom stereocenters. The predicted molar refractivity (Wildman–Crippen MR) is 143 cm³/mol. The number of rotatable bonds is 10. The Labute approximate surface area is 213 Å². The molecule has 1 heterocycles. The molecule has 0 aliphatic rings. The van der Waals surface area contributed by atoms with Crippen LogP contribution in [-0.4, -0.2) is 33.0 Å². The van der Waals surface area contributed by atoms with Gasteiger partial charge in [-0.15, -0.1) is 10.2 Å². The zero-order valence-electron chi connectivity index (χ0n) is 18.2. The summed E-state index contributed by atoms with van der Waals surface area (Å²) in [5.74, 6) is 0.647. The van der Waals surface area contributed by atoms with Crippen molar-refractivity contribution in [2.75, 3.05) is 5.75 Å². The highest BCUT2D eigenvalue weighted by atomic mass is 32.2. The van der Waals surface area contributed by atoms with E-state index >= 15 is 0 Å². The number of allylic oxidation sites excluding steroid dienone is 1. The van der Waals surface area contributed by atoms with Crippen LogP contribution in [0.15, 0.2) is 86.6 Å². The van der Waals surface area contributed by atoms with Gasteiger partial charge in [-0.1, -0.05) is 89.5 Å². The van der Waals surface area contributed by atoms with Crippen LogP contribution >= 0.6 is 34.9 Å². The number of hydrazone groups is 1. The number of hydrogen-bond donors (Lipinski definition) is 1. The number of nitro groups is 1. The zero-order valence-corrected chi connectivity index (χ0v) is 20.7. The summed E-state index contributed by atoms with van der Waals surface area (Å²) in [7, 11) is 0. The normalized spacial score (nSPS) is 11.4. The molecule has 1 amide bonds. The minimum absolute atomic E-state index is 0.00398. The van der Waals surface area contributed by atoms with E-state index in [1.54, 1.807) is 36.0 Å². The lowest BCUT2D eigenvalue weighted by Gasteiger charge is -2.04. The van der Waals surface area contributed by atoms with Gasteiger partial charge in [0.15, 0.2) is 8.68 Å². The lowest BCUT2D eigenvalue weighted by Crippen LogP contribution is -2.19. The van der Waals surface area contributed by atoms with Gasteiger partial charge < -0.3 is 0 Å². The Balaban J connectivity index is 1.22. The van der Waals surface area contributed by atoms with Crippen LogP contribution in [0.5, 0.6) is 0 Å². The predicted octanol–water partition coefficient (Wildman–Crippen LogP) is 5.80. The molecule has 0 fully saturated rings. The average molecular weight is 522 g/mol. The Kier molecular flexibility index (Phi) is 8.60. The number of fused-ring (bicyclic) bond motifs is 1. The van der Waals surface area contributed by atoms with Gasteiger partial charge in [0, 0.05) is 18.0 Å². The zero-order chi connectivity index (χ0) is 24.5. The standard InChI is InChI=1S/C24H19N5O3S3/c30-22(26-25-14-6-11-18-8-2-4-13-21(18)29(31)32)16-34-24-28-27-23(35-24)33-15-19-10-5-9-17-7-1-3-12-20(17)19/h1-14H,15-16H2,(H,26,30)/b11-6-,25-14+. The van der Waals surface area contributed by atoms with E-state index in [0.717, 1.165) is 10.1 Å². The van der Waals surface area contributed by atoms with Crippen LogP contribution in [0.2, 0.25) is 0 Å². The fourth-order valence-corrected chi connectivity index (χ4v) is 5.94. The summed E-state index contributed by atoms with van der Waals surface area (Å²) in [6.45, 7) is 0. The summed E-state index contributed by atoms with van der Waals surface area (Å²) in [4.78, 5) is 22.6. The maximum Gasteiger partial charge on any atom is 0.276 e. The Bertz CT molecular complexity index is 1400. The summed E-state index contributed by atoms with van der Waals surface area (Å²) >= 11 is 4.37. The number of nitrogens with zero attached hydrogens (tertiary/aromatic N) is 4. The van der Waals surface area contributed by atoms with Crippen molar-refractivity contribution in [3.05, 3.63) is 94.0 Å². The van der Waals surface area contributed by atoms with Crippen molar-refractivity contribution in [3.63, 3.8) is 0 Å². The van der Waals surface area contributed by atoms with Gasteiger partial charge in [-0.3, -0.25) is 14.9 Å². The fraction of sp³-hybridized carbons (Fsp3) is 0.0833. The maximum absolute atomic E-state index is 12.0. The molecule has 0 saturated carbocycles. The van der Waals surface area contributed by atoms with Crippen LogP contribution in [-0.2, 0) is 10.5 Å². The molecule has 4 aromatic rings. The van der Waals surface area contributed by atoms with E-state index in [1.807, 2.05) is 12.1 Å². The lowest BCUT2D eigenvalue weighted by atomic mass is 10.1. The SMILES string of the molecule is O=C(CSc1nnc(SCc2cccc3ccccc23)s1)N/N=C/C=C\c1ccccc1[N+](=O)[O-]. The number of carbonyl (C=O) groups excluding carboxylic acids is 1. The van der Waals surface area contributed by atoms with Gasteiger partial charge in [0.2, 0.25) is 0 Å². The van der Waals surface area contributed by atoms with Crippen LogP contribution in [0, 0.1) is 10.1 Å². The lowest BCUT2D eigenvalue weighted by molar-refractivity contribution is -0.385. The molecule has 0 bridgehead atoms. The fourth-order valence-electron chi connectivity index (χ4n) is 3.12. The van der Waals surface area contributed by atoms with E-state index in [9.17, 15) is 14.9 Å². The van der Waals surface area contributed by atoms with Gasteiger partial charge >= 0.3 is 0 Å². The number of aromatic nitrogens is 2. The van der Waals surface area contributed by atoms with Crippen molar-refractivity contribution >= 4 is 69.5 Å². The Morgan fingerprint density at radius 2 is 1.77 bits per heavy atom. The first-order valence-corrected chi connectivity index (χ1v) is 13.2. The molecule has 3 aromatic carbocycles. The van der Waals surface area contributed by atoms with Crippen molar-refractivity contribution in [1.29, 1.82) is 0 Å². The molecular weight excluding hydrogens is 502 g/mol. The third kappa shape index (κ3) is 6.98. The number of hydrogen-bond acceptors (Lipinski definition) is 9. The van der Waals surface area contributed by atoms with Gasteiger partial charge in [-0.25, -0.2) is 5.43 Å². The van der Waals surface area contributed by atoms with Crippen molar-refractivity contribution in [2.45, 2.75) is 14.4 Å². The molecule has 0 aliphatic heterocycles. The van der Waals surface area contributed by atoms with E-state index in [2.05, 4.69) is 51.1 Å². The van der Waals surface area contributed by atoms with Crippen LogP contribution in [0.1, 0.15) is 11.1 Å². The highest BCUT2D eigenvalue weighted by Gasteiger charge is 2.10. The van der Waals surface area contributed by atoms with Crippen molar-refractivity contribution < 1.29 is 9.72 Å². The summed E-state index contributed by atoms with van der Waals surface area (Å²) < 4.78 is 1.56. The van der Waals surface area contributed by atoms with Gasteiger partial charge in [0.05, 0.1) is 16.2 Å². The second-order valence-corrected chi connectivity index (χ2v) is 10.5. The molecule has 0 saturated heterocycles. The number of benzene rings is 3. The minimum Gasteiger partial charge on any atom is -0.272 e. The molecule has 0 spiro atoms. The second kappa shape index (κ2) is 12.2. The van der Waals surface area contributed by atoms with Crippen LogP contribution < -0.4 is 5.43 Å². The van der Waals surface area contributed by atoms with E-state index in [1.165, 1.54) is 57.8 Å². The van der Waals surface area contributed by atoms with Crippen molar-refractivity contribution in [3.8, 4) is 0 Å². The van der Waals surface area contributed by atoms with Gasteiger partial charge in [-0.2, -0.15) is 5.10 Å². The molecule has 35 heavy (non-hydrogen) atoms. The number of carbonyl (C=O) groups is 1. The Hall–Kier alpha value is -3.54. The topological polar surface area (TPSA) is 110 Å². The molecule has 8 nitrogen and oxygen atoms in total. The first kappa shape index (κ1) is 24.6. The first-order chi connectivity index (χ1) is 17.1. The van der Waals surface area contributed by atoms with Crippen LogP contribution in [0.25, 0.3) is 16.8 Å². The third-order valence-corrected chi connectivity index (χ3v) is 7.94. The third-order valence-electron chi connectivity index (χ3n) is 4.70. The molecule has 4 rings (SSSR count). The van der Waals surface area contributed by atoms with E-state index in [0.29, 0.717) is 9.90 Å². The molecule has 11 heteroatoms. The highest BCUT2D eigenvalue weighted by Crippen LogP contribution is 2.32. The van der Waals surface area contributed by atoms with Crippen molar-refractivity contribution in [1.82, 2.24) is 15.6 Å². The largest absolute Gasteiger partial charge is 0.276 e. The number of para-hydroxylation sites is 1. The van der Waals surface area contributed by atoms with Gasteiger partial charge in [-0.05, 0) is 34.6 Å². The minimum atomic E-state index is -0.448. The van der Waals surface area contributed by atoms with E-state index in [4.69, 9.17) is 0 Å². The summed E-state index contributed by atoms with van der Waals surface area (Å²) in [6.07, 6.45) is 4.45. The molecule has 0 radical (unpaired) electrons. The summed E-state index contributed by atoms with van der Waals surface area (Å²) in [6, 6.07) is 20.9. The molecule has 0 unspecified atom stereocenters. The monoisotopic (exact) mass is 521 g/mol. The number of nitrogens with one attached hydrogen (secondary N) is 1. The first-order valence-electron chi connectivity index (χ1n) is 10.4. The molecule has 0 aliphatic carbocycles. The van der Waals surface area contributed by atoms with Gasteiger partial charge in [0.25, 0.3) is 11.6 Å². The second-order valence-electron chi connectivity index (χ2n) is 7.04. The molecular formula is C24H19N5O3S3. The van der Waals surface area contributed by atoms with E-state index < -0.39 is 4.92 Å². The number of nitro benzene ring substituents is 1. The summed E-state index contributed by atoms with van der Waals surface area (Å²) in [5, 5.41) is 25.7. The smallest absolute Gasteiger partial charge is 0.272 e. The number of amides is 1. The number of thioether (sulfide) groups is 2. The quantitative estimate of drug-likeness (QED) is 0.122. The van der Waals surface area contributed by atoms with Gasteiger partial charge in [0.1, 0.15) is 0 Å². The summed E-state index contributed by atoms with van der Waals surface area (Å²) in [5.41, 5.74) is 4.12. The maximum atomic E-state index is 12.0. The Morgan fingerprint density at radius 1 is 1.03 bits per heavy atom. The molecule has 1 N–H and O–H groups in total.